The van der Waals surface area contributed by atoms with Crippen molar-refractivity contribution in [2.75, 3.05) is 5.32 Å². The van der Waals surface area contributed by atoms with E-state index in [0.29, 0.717) is 28.1 Å². The fraction of sp³-hybridized carbons (Fsp3) is 0.250. The summed E-state index contributed by atoms with van der Waals surface area (Å²) in [6.45, 7) is 5.40. The van der Waals surface area contributed by atoms with E-state index in [1.54, 1.807) is 39.2 Å². The lowest BCUT2D eigenvalue weighted by Gasteiger charge is -2.18. The molecular formula is C24H25N5O2. The minimum absolute atomic E-state index is 0.0623. The molecule has 0 radical (unpaired) electrons. The molecule has 7 heteroatoms. The Labute approximate surface area is 180 Å². The Hall–Kier alpha value is -3.58. The molecule has 7 nitrogen and oxygen atoms in total. The number of benzene rings is 1. The molecule has 31 heavy (non-hydrogen) atoms. The molecule has 1 aromatic carbocycles. The van der Waals surface area contributed by atoms with Gasteiger partial charge in [0, 0.05) is 24.8 Å². The fourth-order valence-corrected chi connectivity index (χ4v) is 3.41. The lowest BCUT2D eigenvalue weighted by molar-refractivity contribution is 0.0739. The van der Waals surface area contributed by atoms with Gasteiger partial charge >= 0.3 is 0 Å². The zero-order valence-corrected chi connectivity index (χ0v) is 18.0. The van der Waals surface area contributed by atoms with Crippen LogP contribution in [0.1, 0.15) is 38.1 Å². The number of pyridine rings is 2. The monoisotopic (exact) mass is 415 g/mol. The summed E-state index contributed by atoms with van der Waals surface area (Å²) in [7, 11) is 1.67. The Balaban J connectivity index is 1.83. The molecule has 0 aliphatic rings. The van der Waals surface area contributed by atoms with E-state index in [2.05, 4.69) is 15.3 Å². The van der Waals surface area contributed by atoms with Gasteiger partial charge in [0.15, 0.2) is 0 Å². The van der Waals surface area contributed by atoms with Crippen molar-refractivity contribution in [2.24, 2.45) is 7.05 Å². The van der Waals surface area contributed by atoms with Crippen LogP contribution in [-0.2, 0) is 12.6 Å². The summed E-state index contributed by atoms with van der Waals surface area (Å²) in [4.78, 5) is 26.5. The molecule has 0 fully saturated rings. The number of aryl methyl sites for hydroxylation is 1. The summed E-state index contributed by atoms with van der Waals surface area (Å²) < 4.78 is 1.45. The number of aliphatic hydroxyl groups is 1. The van der Waals surface area contributed by atoms with Crippen LogP contribution in [-0.4, -0.2) is 24.6 Å². The third-order valence-electron chi connectivity index (χ3n) is 5.24. The van der Waals surface area contributed by atoms with E-state index < -0.39 is 5.60 Å². The lowest BCUT2D eigenvalue weighted by atomic mass is 10.0. The smallest absolute Gasteiger partial charge is 0.264 e. The van der Waals surface area contributed by atoms with Gasteiger partial charge in [-0.3, -0.25) is 9.78 Å². The summed E-state index contributed by atoms with van der Waals surface area (Å²) >= 11 is 0. The van der Waals surface area contributed by atoms with Crippen LogP contribution in [0.5, 0.6) is 0 Å². The standard InChI is InChI=1S/C24H25N5O2/c1-15(16-8-6-5-7-9-16)27-22-21-19(26-14-29(4)23(21)30)12-18(28-22)17-10-11-20(25-13-17)24(2,3)31/h5-15,31H,1-4H3,(H,27,28). The minimum Gasteiger partial charge on any atom is -0.384 e. The summed E-state index contributed by atoms with van der Waals surface area (Å²) in [6.07, 6.45) is 3.18. The first-order valence-corrected chi connectivity index (χ1v) is 10.1. The van der Waals surface area contributed by atoms with Crippen LogP contribution < -0.4 is 10.9 Å². The molecule has 3 aromatic heterocycles. The van der Waals surface area contributed by atoms with E-state index in [1.165, 1.54) is 10.9 Å². The summed E-state index contributed by atoms with van der Waals surface area (Å²) in [5, 5.41) is 14.0. The molecule has 0 spiro atoms. The summed E-state index contributed by atoms with van der Waals surface area (Å²) in [6, 6.07) is 15.3. The quantitative estimate of drug-likeness (QED) is 0.515. The number of fused-ring (bicyclic) bond motifs is 1. The van der Waals surface area contributed by atoms with Crippen molar-refractivity contribution in [1.82, 2.24) is 19.5 Å². The summed E-state index contributed by atoms with van der Waals surface area (Å²) in [5.41, 5.74) is 2.43. The van der Waals surface area contributed by atoms with Crippen LogP contribution >= 0.6 is 0 Å². The molecule has 0 aliphatic heterocycles. The van der Waals surface area contributed by atoms with Crippen LogP contribution in [0, 0.1) is 0 Å². The molecule has 1 atom stereocenters. The number of aromatic nitrogens is 4. The van der Waals surface area contributed by atoms with E-state index in [9.17, 15) is 9.90 Å². The minimum atomic E-state index is -1.03. The van der Waals surface area contributed by atoms with Crippen LogP contribution in [0.4, 0.5) is 5.82 Å². The normalized spacial score (nSPS) is 12.7. The lowest BCUT2D eigenvalue weighted by Crippen LogP contribution is -2.20. The first kappa shape index (κ1) is 20.7. The highest BCUT2D eigenvalue weighted by atomic mass is 16.3. The molecular weight excluding hydrogens is 390 g/mol. The molecule has 0 saturated carbocycles. The zero-order chi connectivity index (χ0) is 22.2. The Morgan fingerprint density at radius 3 is 2.48 bits per heavy atom. The van der Waals surface area contributed by atoms with Crippen molar-refractivity contribution in [3.63, 3.8) is 0 Å². The molecule has 0 aliphatic carbocycles. The number of hydrogen-bond acceptors (Lipinski definition) is 6. The van der Waals surface area contributed by atoms with Crippen molar-refractivity contribution in [2.45, 2.75) is 32.4 Å². The largest absolute Gasteiger partial charge is 0.384 e. The SMILES string of the molecule is CC(Nc1nc(-c2ccc(C(C)(C)O)nc2)cc2ncn(C)c(=O)c12)c1ccccc1. The number of nitrogens with one attached hydrogen (secondary N) is 1. The van der Waals surface area contributed by atoms with Gasteiger partial charge < -0.3 is 15.0 Å². The van der Waals surface area contributed by atoms with Gasteiger partial charge in [-0.2, -0.15) is 0 Å². The second-order valence-corrected chi connectivity index (χ2v) is 8.18. The van der Waals surface area contributed by atoms with E-state index in [4.69, 9.17) is 4.98 Å². The Kier molecular flexibility index (Phi) is 5.29. The predicted molar refractivity (Wildman–Crippen MR) is 122 cm³/mol. The molecule has 3 heterocycles. The van der Waals surface area contributed by atoms with Gasteiger partial charge in [0.2, 0.25) is 0 Å². The molecule has 0 amide bonds. The van der Waals surface area contributed by atoms with Crippen LogP contribution in [0.2, 0.25) is 0 Å². The molecule has 1 unspecified atom stereocenters. The highest BCUT2D eigenvalue weighted by Crippen LogP contribution is 2.28. The molecule has 4 aromatic rings. The number of anilines is 1. The molecule has 0 bridgehead atoms. The van der Waals surface area contributed by atoms with Crippen LogP contribution in [0.3, 0.4) is 0 Å². The van der Waals surface area contributed by atoms with Crippen molar-refractivity contribution in [3.05, 3.63) is 82.7 Å². The zero-order valence-electron chi connectivity index (χ0n) is 18.0. The third kappa shape index (κ3) is 4.18. The molecule has 0 saturated heterocycles. The average molecular weight is 415 g/mol. The first-order chi connectivity index (χ1) is 14.7. The number of nitrogens with zero attached hydrogens (tertiary/aromatic N) is 4. The highest BCUT2D eigenvalue weighted by Gasteiger charge is 2.19. The maximum Gasteiger partial charge on any atom is 0.264 e. The van der Waals surface area contributed by atoms with Gasteiger partial charge in [0.05, 0.1) is 23.2 Å². The third-order valence-corrected chi connectivity index (χ3v) is 5.24. The molecule has 4 rings (SSSR count). The van der Waals surface area contributed by atoms with E-state index >= 15 is 0 Å². The van der Waals surface area contributed by atoms with E-state index in [1.807, 2.05) is 43.3 Å². The summed E-state index contributed by atoms with van der Waals surface area (Å²) in [5.74, 6) is 0.476. The van der Waals surface area contributed by atoms with Crippen molar-refractivity contribution in [1.29, 1.82) is 0 Å². The van der Waals surface area contributed by atoms with Crippen molar-refractivity contribution >= 4 is 16.7 Å². The molecule has 2 N–H and O–H groups in total. The van der Waals surface area contributed by atoms with Gasteiger partial charge in [0.1, 0.15) is 16.8 Å². The number of hydrogen-bond donors (Lipinski definition) is 2. The van der Waals surface area contributed by atoms with E-state index in [-0.39, 0.29) is 11.6 Å². The maximum atomic E-state index is 12.9. The van der Waals surface area contributed by atoms with Crippen molar-refractivity contribution < 1.29 is 5.11 Å². The van der Waals surface area contributed by atoms with Gasteiger partial charge in [-0.1, -0.05) is 30.3 Å². The van der Waals surface area contributed by atoms with Gasteiger partial charge in [-0.05, 0) is 44.5 Å². The average Bonchev–Trinajstić information content (AvgIpc) is 2.76. The highest BCUT2D eigenvalue weighted by molar-refractivity contribution is 5.91. The topological polar surface area (TPSA) is 92.9 Å². The van der Waals surface area contributed by atoms with Gasteiger partial charge in [-0.15, -0.1) is 0 Å². The Morgan fingerprint density at radius 2 is 1.84 bits per heavy atom. The first-order valence-electron chi connectivity index (χ1n) is 10.1. The second-order valence-electron chi connectivity index (χ2n) is 8.18. The Bertz CT molecular complexity index is 1280. The van der Waals surface area contributed by atoms with E-state index in [0.717, 1.165) is 11.1 Å². The molecule has 158 valence electrons. The predicted octanol–water partition coefficient (Wildman–Crippen LogP) is 3.79. The van der Waals surface area contributed by atoms with Crippen LogP contribution in [0.25, 0.3) is 22.2 Å². The van der Waals surface area contributed by atoms with Crippen LogP contribution in [0.15, 0.2) is 65.8 Å². The number of rotatable bonds is 5. The van der Waals surface area contributed by atoms with Crippen molar-refractivity contribution in [3.8, 4) is 11.3 Å². The Morgan fingerprint density at radius 1 is 1.10 bits per heavy atom. The van der Waals surface area contributed by atoms with Gasteiger partial charge in [0.25, 0.3) is 5.56 Å². The van der Waals surface area contributed by atoms with Gasteiger partial charge in [-0.25, -0.2) is 9.97 Å². The fourth-order valence-electron chi connectivity index (χ4n) is 3.41. The second kappa shape index (κ2) is 7.92. The maximum absolute atomic E-state index is 12.9.